The lowest BCUT2D eigenvalue weighted by Gasteiger charge is -1.99. The molecule has 3 nitrogen and oxygen atoms in total. The normalized spacial score (nSPS) is 10.9. The fourth-order valence-electron chi connectivity index (χ4n) is 1.53. The van der Waals surface area contributed by atoms with Crippen LogP contribution in [0.2, 0.25) is 0 Å². The van der Waals surface area contributed by atoms with E-state index in [1.165, 1.54) is 23.5 Å². The molecule has 1 aromatic heterocycles. The van der Waals surface area contributed by atoms with Crippen molar-refractivity contribution in [2.75, 3.05) is 0 Å². The van der Waals surface area contributed by atoms with Gasteiger partial charge in [-0.05, 0) is 24.3 Å². The minimum absolute atomic E-state index is 0.169. The molecule has 0 saturated heterocycles. The maximum Gasteiger partial charge on any atom is 0.348 e. The first-order valence-corrected chi connectivity index (χ1v) is 6.30. The molecule has 0 radical (unpaired) electrons. The van der Waals surface area contributed by atoms with Crippen molar-refractivity contribution in [3.8, 4) is 11.3 Å². The Bertz CT molecular complexity index is 575. The van der Waals surface area contributed by atoms with E-state index in [4.69, 9.17) is 0 Å². The first-order chi connectivity index (χ1) is 8.49. The number of carboxylic acids is 1. The number of aromatic nitrogens is 1. The molecule has 2 aromatic rings. The maximum absolute atomic E-state index is 12.9. The van der Waals surface area contributed by atoms with E-state index in [2.05, 4.69) is 4.98 Å². The van der Waals surface area contributed by atoms with E-state index in [-0.39, 0.29) is 16.6 Å². The lowest BCUT2D eigenvalue weighted by atomic mass is 10.1. The molecule has 0 fully saturated rings. The second kappa shape index (κ2) is 4.86. The van der Waals surface area contributed by atoms with Crippen LogP contribution in [-0.2, 0) is 0 Å². The van der Waals surface area contributed by atoms with Crippen molar-refractivity contribution < 1.29 is 14.3 Å². The summed E-state index contributed by atoms with van der Waals surface area (Å²) >= 11 is 1.17. The van der Waals surface area contributed by atoms with Gasteiger partial charge in [-0.1, -0.05) is 13.8 Å². The quantitative estimate of drug-likeness (QED) is 0.919. The van der Waals surface area contributed by atoms with Crippen LogP contribution in [0.15, 0.2) is 24.3 Å². The highest BCUT2D eigenvalue weighted by atomic mass is 32.1. The molecule has 1 N–H and O–H groups in total. The van der Waals surface area contributed by atoms with Crippen LogP contribution in [0.25, 0.3) is 11.3 Å². The molecule has 18 heavy (non-hydrogen) atoms. The lowest BCUT2D eigenvalue weighted by Crippen LogP contribution is -1.95. The van der Waals surface area contributed by atoms with Gasteiger partial charge in [0, 0.05) is 11.5 Å². The Morgan fingerprint density at radius 1 is 1.33 bits per heavy atom. The molecule has 0 bridgehead atoms. The molecule has 2 rings (SSSR count). The molecular formula is C13H12FNO2S. The van der Waals surface area contributed by atoms with Gasteiger partial charge >= 0.3 is 5.97 Å². The zero-order valence-electron chi connectivity index (χ0n) is 9.98. The van der Waals surface area contributed by atoms with Crippen LogP contribution in [0.4, 0.5) is 4.39 Å². The minimum Gasteiger partial charge on any atom is -0.477 e. The third kappa shape index (κ3) is 2.41. The maximum atomic E-state index is 12.9. The topological polar surface area (TPSA) is 50.2 Å². The number of aromatic carboxylic acids is 1. The predicted octanol–water partition coefficient (Wildman–Crippen LogP) is 3.77. The summed E-state index contributed by atoms with van der Waals surface area (Å²) in [6.07, 6.45) is 0. The van der Waals surface area contributed by atoms with Gasteiger partial charge in [-0.15, -0.1) is 11.3 Å². The molecule has 1 aromatic carbocycles. The largest absolute Gasteiger partial charge is 0.477 e. The second-order valence-corrected chi connectivity index (χ2v) is 5.23. The molecule has 0 atom stereocenters. The number of carboxylic acid groups (broad SMARTS) is 1. The summed E-state index contributed by atoms with van der Waals surface area (Å²) in [7, 11) is 0. The predicted molar refractivity (Wildman–Crippen MR) is 68.6 cm³/mol. The zero-order chi connectivity index (χ0) is 13.3. The monoisotopic (exact) mass is 265 g/mol. The lowest BCUT2D eigenvalue weighted by molar-refractivity contribution is 0.0702. The summed E-state index contributed by atoms with van der Waals surface area (Å²) in [6.45, 7) is 3.91. The molecule has 0 aliphatic heterocycles. The average Bonchev–Trinajstić information content (AvgIpc) is 2.75. The van der Waals surface area contributed by atoms with Crippen LogP contribution < -0.4 is 0 Å². The summed E-state index contributed by atoms with van der Waals surface area (Å²) in [5, 5.41) is 9.94. The number of thiazole rings is 1. The fourth-order valence-corrected chi connectivity index (χ4v) is 2.46. The molecule has 5 heteroatoms. The van der Waals surface area contributed by atoms with Crippen molar-refractivity contribution in [2.45, 2.75) is 19.8 Å². The standard InChI is InChI=1S/C13H12FNO2S/c1-7(2)12-15-10(11(18-12)13(16)17)8-3-5-9(14)6-4-8/h3-7H,1-2H3,(H,16,17). The number of hydrogen-bond acceptors (Lipinski definition) is 3. The van der Waals surface area contributed by atoms with E-state index < -0.39 is 5.97 Å². The molecule has 0 spiro atoms. The number of halogens is 1. The number of rotatable bonds is 3. The van der Waals surface area contributed by atoms with Gasteiger partial charge in [0.25, 0.3) is 0 Å². The Kier molecular flexibility index (Phi) is 3.43. The number of nitrogens with zero attached hydrogens (tertiary/aromatic N) is 1. The van der Waals surface area contributed by atoms with Gasteiger partial charge in [0.15, 0.2) is 0 Å². The Labute approximate surface area is 108 Å². The third-order valence-electron chi connectivity index (χ3n) is 2.45. The average molecular weight is 265 g/mol. The SMILES string of the molecule is CC(C)c1nc(-c2ccc(F)cc2)c(C(=O)O)s1. The van der Waals surface area contributed by atoms with Crippen molar-refractivity contribution in [3.05, 3.63) is 40.0 Å². The van der Waals surface area contributed by atoms with E-state index in [1.807, 2.05) is 13.8 Å². The van der Waals surface area contributed by atoms with Gasteiger partial charge in [-0.3, -0.25) is 0 Å². The van der Waals surface area contributed by atoms with E-state index in [9.17, 15) is 14.3 Å². The van der Waals surface area contributed by atoms with E-state index >= 15 is 0 Å². The Balaban J connectivity index is 2.55. The van der Waals surface area contributed by atoms with Crippen LogP contribution >= 0.6 is 11.3 Å². The van der Waals surface area contributed by atoms with Crippen molar-refractivity contribution >= 4 is 17.3 Å². The second-order valence-electron chi connectivity index (χ2n) is 4.20. The first kappa shape index (κ1) is 12.7. The van der Waals surface area contributed by atoms with Crippen LogP contribution in [0, 0.1) is 5.82 Å². The molecule has 0 aliphatic carbocycles. The Morgan fingerprint density at radius 2 is 1.94 bits per heavy atom. The fraction of sp³-hybridized carbons (Fsp3) is 0.231. The molecule has 0 amide bonds. The summed E-state index contributed by atoms with van der Waals surface area (Å²) in [4.78, 5) is 15.7. The van der Waals surface area contributed by atoms with E-state index in [0.29, 0.717) is 11.3 Å². The highest BCUT2D eigenvalue weighted by Gasteiger charge is 2.19. The highest BCUT2D eigenvalue weighted by molar-refractivity contribution is 7.14. The van der Waals surface area contributed by atoms with Crippen LogP contribution in [0.1, 0.15) is 34.4 Å². The van der Waals surface area contributed by atoms with Crippen molar-refractivity contribution in [3.63, 3.8) is 0 Å². The molecule has 0 aliphatic rings. The molecule has 0 saturated carbocycles. The Hall–Kier alpha value is -1.75. The van der Waals surface area contributed by atoms with Gasteiger partial charge < -0.3 is 5.11 Å². The first-order valence-electron chi connectivity index (χ1n) is 5.49. The van der Waals surface area contributed by atoms with Gasteiger partial charge in [-0.2, -0.15) is 0 Å². The van der Waals surface area contributed by atoms with Gasteiger partial charge in [0.2, 0.25) is 0 Å². The zero-order valence-corrected chi connectivity index (χ0v) is 10.8. The van der Waals surface area contributed by atoms with Crippen LogP contribution in [0.3, 0.4) is 0 Å². The number of carbonyl (C=O) groups is 1. The van der Waals surface area contributed by atoms with E-state index in [1.54, 1.807) is 12.1 Å². The highest BCUT2D eigenvalue weighted by Crippen LogP contribution is 2.31. The van der Waals surface area contributed by atoms with Crippen molar-refractivity contribution in [2.24, 2.45) is 0 Å². The summed E-state index contributed by atoms with van der Waals surface area (Å²) in [5.41, 5.74) is 1.04. The molecule has 1 heterocycles. The third-order valence-corrected chi connectivity index (χ3v) is 3.79. The van der Waals surface area contributed by atoms with Crippen LogP contribution in [0.5, 0.6) is 0 Å². The van der Waals surface area contributed by atoms with Gasteiger partial charge in [-0.25, -0.2) is 14.2 Å². The molecular weight excluding hydrogens is 253 g/mol. The summed E-state index contributed by atoms with van der Waals surface area (Å²) < 4.78 is 12.9. The van der Waals surface area contributed by atoms with E-state index in [0.717, 1.165) is 5.01 Å². The summed E-state index contributed by atoms with van der Waals surface area (Å²) in [6, 6.07) is 5.69. The number of benzene rings is 1. The van der Waals surface area contributed by atoms with Gasteiger partial charge in [0.05, 0.1) is 10.7 Å². The Morgan fingerprint density at radius 3 is 2.44 bits per heavy atom. The molecule has 94 valence electrons. The van der Waals surface area contributed by atoms with Crippen molar-refractivity contribution in [1.29, 1.82) is 0 Å². The smallest absolute Gasteiger partial charge is 0.348 e. The summed E-state index contributed by atoms with van der Waals surface area (Å²) in [5.74, 6) is -1.18. The minimum atomic E-state index is -1.00. The van der Waals surface area contributed by atoms with Gasteiger partial charge in [0.1, 0.15) is 10.7 Å². The van der Waals surface area contributed by atoms with Crippen molar-refractivity contribution in [1.82, 2.24) is 4.98 Å². The van der Waals surface area contributed by atoms with Crippen LogP contribution in [-0.4, -0.2) is 16.1 Å². The number of hydrogen-bond donors (Lipinski definition) is 1. The molecule has 0 unspecified atom stereocenters.